The molecule has 1 atom stereocenters. The molecule has 1 N–H and O–H groups in total. The number of fused-ring (bicyclic) bond motifs is 1. The minimum Gasteiger partial charge on any atom is -0.505 e. The van der Waals surface area contributed by atoms with E-state index < -0.39 is 19.3 Å². The Balaban J connectivity index is 1.80. The molecule has 0 radical (unpaired) electrons. The first-order chi connectivity index (χ1) is 17.6. The van der Waals surface area contributed by atoms with Gasteiger partial charge in [0.25, 0.3) is 5.91 Å². The van der Waals surface area contributed by atoms with Gasteiger partial charge in [0.15, 0.2) is 0 Å². The van der Waals surface area contributed by atoms with E-state index in [4.69, 9.17) is 4.43 Å². The molecule has 0 spiro atoms. The van der Waals surface area contributed by atoms with Crippen LogP contribution in [0.3, 0.4) is 0 Å². The lowest BCUT2D eigenvalue weighted by atomic mass is 9.94. The van der Waals surface area contributed by atoms with E-state index in [1.54, 1.807) is 16.5 Å². The normalized spacial score (nSPS) is 18.7. The number of thioether (sulfide) groups is 1. The van der Waals surface area contributed by atoms with Gasteiger partial charge in [0.2, 0.25) is 5.91 Å². The van der Waals surface area contributed by atoms with E-state index in [0.717, 1.165) is 15.3 Å². The van der Waals surface area contributed by atoms with Crippen LogP contribution in [-0.4, -0.2) is 37.0 Å². The lowest BCUT2D eigenvalue weighted by Gasteiger charge is -2.43. The van der Waals surface area contributed by atoms with Gasteiger partial charge in [0, 0.05) is 30.0 Å². The summed E-state index contributed by atoms with van der Waals surface area (Å²) in [4.78, 5) is 40.8. The quantitative estimate of drug-likeness (QED) is 0.329. The molecule has 192 valence electrons. The Morgan fingerprint density at radius 2 is 1.62 bits per heavy atom. The van der Waals surface area contributed by atoms with Crippen molar-refractivity contribution in [3.05, 3.63) is 94.5 Å². The largest absolute Gasteiger partial charge is 0.505 e. The number of hydrogen-bond acceptors (Lipinski definition) is 5. The van der Waals surface area contributed by atoms with Crippen molar-refractivity contribution < 1.29 is 18.8 Å². The van der Waals surface area contributed by atoms with Gasteiger partial charge < -0.3 is 9.74 Å². The van der Waals surface area contributed by atoms with Crippen molar-refractivity contribution in [3.8, 4) is 0 Å². The molecule has 2 amide bonds. The molecule has 2 aliphatic rings. The highest BCUT2D eigenvalue weighted by atomic mass is 32.2. The summed E-state index contributed by atoms with van der Waals surface area (Å²) < 4.78 is 6.72. The van der Waals surface area contributed by atoms with Crippen LogP contribution in [0.2, 0.25) is 5.04 Å². The second kappa shape index (κ2) is 10.6. The molecule has 1 fully saturated rings. The molecule has 6 nitrogen and oxygen atoms in total. The zero-order valence-corrected chi connectivity index (χ0v) is 23.6. The average molecular weight is 533 g/mol. The van der Waals surface area contributed by atoms with Crippen LogP contribution in [0.5, 0.6) is 0 Å². The first-order valence-electron chi connectivity index (χ1n) is 12.3. The second-order valence-corrected chi connectivity index (χ2v) is 15.3. The van der Waals surface area contributed by atoms with Gasteiger partial charge in [-0.25, -0.2) is 4.79 Å². The number of hydrogen-bond donors (Lipinski definition) is 1. The fourth-order valence-corrected chi connectivity index (χ4v) is 10.3. The van der Waals surface area contributed by atoms with E-state index in [2.05, 4.69) is 26.1 Å². The Morgan fingerprint density at radius 1 is 1.05 bits per heavy atom. The standard InChI is InChI=1S/C29H32N2O4SSi/c1-6-23-24-19-25(36-18-17-30-20(2)32)26(31(24)27(23)33)28(34)35-37(29(3,4)5,21-13-9-7-10-14-21)22-15-11-8-12-16-22/h6-18,24H,19H2,1-5H3,(H,30,32)/b18-17+,23-6-/t24-/m1/s1. The summed E-state index contributed by atoms with van der Waals surface area (Å²) in [6.07, 6.45) is 3.89. The number of carbonyl (C=O) groups is 3. The molecule has 4 rings (SSSR count). The Bertz CT molecular complexity index is 1260. The van der Waals surface area contributed by atoms with Crippen LogP contribution in [-0.2, 0) is 18.8 Å². The fraction of sp³-hybridized carbons (Fsp3) is 0.276. The fourth-order valence-electron chi connectivity index (χ4n) is 5.10. The summed E-state index contributed by atoms with van der Waals surface area (Å²) in [6, 6.07) is 19.7. The van der Waals surface area contributed by atoms with Crippen molar-refractivity contribution in [2.45, 2.75) is 52.1 Å². The van der Waals surface area contributed by atoms with Gasteiger partial charge in [-0.15, -0.1) is 0 Å². The van der Waals surface area contributed by atoms with Crippen molar-refractivity contribution in [2.24, 2.45) is 0 Å². The van der Waals surface area contributed by atoms with Crippen molar-refractivity contribution in [1.82, 2.24) is 10.2 Å². The summed E-state index contributed by atoms with van der Waals surface area (Å²) in [6.45, 7) is 9.59. The van der Waals surface area contributed by atoms with Gasteiger partial charge >= 0.3 is 14.3 Å². The minimum absolute atomic E-state index is 0.164. The number of β-lactam (4-membered cyclic amide) rings is 1. The third-order valence-corrected chi connectivity index (χ3v) is 12.6. The summed E-state index contributed by atoms with van der Waals surface area (Å²) in [5, 5.41) is 5.92. The summed E-state index contributed by atoms with van der Waals surface area (Å²) in [7, 11) is -3.16. The maximum Gasteiger partial charge on any atom is 0.343 e. The SMILES string of the molecule is C/C=C1\C(=O)N2C(C(=O)O[Si](c3ccccc3)(c3ccccc3)C(C)(C)C)=C(S/C=C/NC(C)=O)C[C@H]12. The summed E-state index contributed by atoms with van der Waals surface area (Å²) >= 11 is 1.33. The molecular formula is C29H32N2O4SSi. The van der Waals surface area contributed by atoms with Crippen molar-refractivity contribution in [1.29, 1.82) is 0 Å². The number of allylic oxidation sites excluding steroid dienone is 1. The van der Waals surface area contributed by atoms with E-state index in [-0.39, 0.29) is 17.9 Å². The number of nitrogens with zero attached hydrogens (tertiary/aromatic N) is 1. The number of amides is 2. The van der Waals surface area contributed by atoms with Crippen molar-refractivity contribution in [3.63, 3.8) is 0 Å². The van der Waals surface area contributed by atoms with Crippen LogP contribution >= 0.6 is 11.8 Å². The van der Waals surface area contributed by atoms with Gasteiger partial charge in [0.1, 0.15) is 5.70 Å². The third kappa shape index (κ3) is 4.83. The Kier molecular flexibility index (Phi) is 7.61. The first-order valence-corrected chi connectivity index (χ1v) is 15.1. The second-order valence-electron chi connectivity index (χ2n) is 10.1. The molecule has 8 heteroatoms. The van der Waals surface area contributed by atoms with Crippen LogP contribution < -0.4 is 15.7 Å². The zero-order chi connectivity index (χ0) is 26.8. The van der Waals surface area contributed by atoms with Gasteiger partial charge in [0.05, 0.1) is 6.04 Å². The maximum absolute atomic E-state index is 14.2. The van der Waals surface area contributed by atoms with E-state index in [0.29, 0.717) is 17.7 Å². The Labute approximate surface area is 223 Å². The molecule has 1 saturated heterocycles. The summed E-state index contributed by atoms with van der Waals surface area (Å²) in [5.41, 5.74) is 1.00. The van der Waals surface area contributed by atoms with Crippen LogP contribution in [0.25, 0.3) is 0 Å². The lowest BCUT2D eigenvalue weighted by molar-refractivity contribution is -0.141. The molecule has 2 aromatic rings. The number of benzene rings is 2. The highest BCUT2D eigenvalue weighted by Gasteiger charge is 2.56. The topological polar surface area (TPSA) is 75.7 Å². The van der Waals surface area contributed by atoms with E-state index in [1.165, 1.54) is 18.7 Å². The number of carbonyl (C=O) groups excluding carboxylic acids is 3. The molecule has 0 aromatic heterocycles. The van der Waals surface area contributed by atoms with Gasteiger partial charge in [-0.3, -0.25) is 14.5 Å². The van der Waals surface area contributed by atoms with E-state index in [9.17, 15) is 14.4 Å². The molecule has 2 aromatic carbocycles. The highest BCUT2D eigenvalue weighted by molar-refractivity contribution is 8.05. The van der Waals surface area contributed by atoms with Gasteiger partial charge in [-0.2, -0.15) is 0 Å². The van der Waals surface area contributed by atoms with Crippen LogP contribution in [0.4, 0.5) is 0 Å². The molecule has 0 saturated carbocycles. The molecule has 0 bridgehead atoms. The minimum atomic E-state index is -3.16. The molecular weight excluding hydrogens is 500 g/mol. The van der Waals surface area contributed by atoms with Crippen LogP contribution in [0.1, 0.15) is 41.0 Å². The molecule has 0 aliphatic carbocycles. The number of rotatable bonds is 7. The maximum atomic E-state index is 14.2. The smallest absolute Gasteiger partial charge is 0.343 e. The van der Waals surface area contributed by atoms with Crippen molar-refractivity contribution >= 4 is 48.2 Å². The number of nitrogens with one attached hydrogen (secondary N) is 1. The zero-order valence-electron chi connectivity index (χ0n) is 21.8. The molecule has 37 heavy (non-hydrogen) atoms. The Morgan fingerprint density at radius 3 is 2.11 bits per heavy atom. The highest BCUT2D eigenvalue weighted by Crippen LogP contribution is 2.47. The average Bonchev–Trinajstić information content (AvgIpc) is 3.20. The van der Waals surface area contributed by atoms with Crippen LogP contribution in [0, 0.1) is 0 Å². The molecule has 2 aliphatic heterocycles. The van der Waals surface area contributed by atoms with E-state index >= 15 is 0 Å². The van der Waals surface area contributed by atoms with Crippen molar-refractivity contribution in [2.75, 3.05) is 0 Å². The summed E-state index contributed by atoms with van der Waals surface area (Å²) in [5.74, 6) is -0.835. The molecule has 2 heterocycles. The van der Waals surface area contributed by atoms with E-state index in [1.807, 2.05) is 73.7 Å². The first kappa shape index (κ1) is 26.7. The van der Waals surface area contributed by atoms with Gasteiger partial charge in [-0.1, -0.05) is 99.3 Å². The lowest BCUT2D eigenvalue weighted by Crippen LogP contribution is -2.67. The third-order valence-electron chi connectivity index (χ3n) is 6.75. The Hall–Kier alpha value is -3.36. The van der Waals surface area contributed by atoms with Gasteiger partial charge in [-0.05, 0) is 27.7 Å². The predicted molar refractivity (Wildman–Crippen MR) is 150 cm³/mol. The predicted octanol–water partition coefficient (Wildman–Crippen LogP) is 4.20. The van der Waals surface area contributed by atoms with Crippen LogP contribution in [0.15, 0.2) is 94.5 Å². The monoisotopic (exact) mass is 532 g/mol. The molecule has 0 unspecified atom stereocenters.